The van der Waals surface area contributed by atoms with Gasteiger partial charge < -0.3 is 0 Å². The van der Waals surface area contributed by atoms with Crippen molar-refractivity contribution >= 4 is 30.4 Å². The van der Waals surface area contributed by atoms with Crippen LogP contribution in [0.1, 0.15) is 12.5 Å². The Hall–Kier alpha value is -1.42. The second-order valence-electron chi connectivity index (χ2n) is 2.62. The first kappa shape index (κ1) is 10.7. The molecule has 0 unspecified atom stereocenters. The summed E-state index contributed by atoms with van der Waals surface area (Å²) in [5.74, 6) is 0.477. The third-order valence-corrected chi connectivity index (χ3v) is 1.78. The molecule has 0 aliphatic rings. The Morgan fingerprint density at radius 2 is 2.36 bits per heavy atom. The number of hydrazone groups is 2. The van der Waals surface area contributed by atoms with Crippen LogP contribution >= 0.6 is 11.6 Å². The van der Waals surface area contributed by atoms with Crippen molar-refractivity contribution in [3.63, 3.8) is 0 Å². The Labute approximate surface area is 87.9 Å². The molecule has 0 fully saturated rings. The van der Waals surface area contributed by atoms with E-state index in [9.17, 15) is 0 Å². The lowest BCUT2D eigenvalue weighted by Gasteiger charge is -2.11. The fourth-order valence-corrected chi connectivity index (χ4v) is 1.24. The molecular formula is C9H11ClN4. The molecule has 1 rings (SSSR count). The van der Waals surface area contributed by atoms with Crippen LogP contribution in [-0.2, 0) is 0 Å². The third kappa shape index (κ3) is 2.29. The molecule has 0 N–H and O–H groups in total. The maximum Gasteiger partial charge on any atom is 0.193 e. The van der Waals surface area contributed by atoms with Crippen LogP contribution in [0, 0.1) is 6.92 Å². The van der Waals surface area contributed by atoms with Gasteiger partial charge in [0, 0.05) is 19.1 Å². The highest BCUT2D eigenvalue weighted by Gasteiger charge is 2.08. The Morgan fingerprint density at radius 1 is 1.64 bits per heavy atom. The summed E-state index contributed by atoms with van der Waals surface area (Å²) < 4.78 is 0. The second kappa shape index (κ2) is 4.72. The number of aryl methyl sites for hydroxylation is 1. The molecule has 5 heteroatoms. The minimum Gasteiger partial charge on any atom is -0.234 e. The zero-order valence-electron chi connectivity index (χ0n) is 8.11. The van der Waals surface area contributed by atoms with Gasteiger partial charge >= 0.3 is 0 Å². The number of rotatable bonds is 3. The second-order valence-corrected chi connectivity index (χ2v) is 3.03. The van der Waals surface area contributed by atoms with Crippen molar-refractivity contribution < 1.29 is 0 Å². The first-order chi connectivity index (χ1) is 6.69. The SMILES string of the molecule is C=NN(/N=C\C)c1ncc(C)cc1Cl. The first-order valence-corrected chi connectivity index (χ1v) is 4.44. The predicted molar refractivity (Wildman–Crippen MR) is 60.2 cm³/mol. The van der Waals surface area contributed by atoms with E-state index >= 15 is 0 Å². The topological polar surface area (TPSA) is 40.9 Å². The number of hydrogen-bond donors (Lipinski definition) is 0. The monoisotopic (exact) mass is 210 g/mol. The van der Waals surface area contributed by atoms with Crippen molar-refractivity contribution in [2.45, 2.75) is 13.8 Å². The number of pyridine rings is 1. The molecule has 1 heterocycles. The standard InChI is InChI=1S/C9H11ClN4/c1-4-13-14(11-3)9-8(10)5-7(2)6-12-9/h4-6H,3H2,1-2H3/b13-4-. The van der Waals surface area contributed by atoms with Gasteiger partial charge in [0.15, 0.2) is 5.82 Å². The van der Waals surface area contributed by atoms with Gasteiger partial charge in [0.1, 0.15) is 0 Å². The first-order valence-electron chi connectivity index (χ1n) is 4.06. The molecule has 0 spiro atoms. The van der Waals surface area contributed by atoms with Crippen LogP contribution in [-0.4, -0.2) is 17.9 Å². The van der Waals surface area contributed by atoms with Gasteiger partial charge in [-0.25, -0.2) is 4.98 Å². The van der Waals surface area contributed by atoms with Gasteiger partial charge in [0.05, 0.1) is 5.02 Å². The summed E-state index contributed by atoms with van der Waals surface area (Å²) in [6.07, 6.45) is 3.29. The fourth-order valence-electron chi connectivity index (χ4n) is 0.941. The molecule has 0 aliphatic heterocycles. The summed E-state index contributed by atoms with van der Waals surface area (Å²) in [5, 5.41) is 9.39. The number of nitrogens with zero attached hydrogens (tertiary/aromatic N) is 4. The van der Waals surface area contributed by atoms with Crippen LogP contribution < -0.4 is 5.12 Å². The van der Waals surface area contributed by atoms with Crippen LogP contribution in [0.2, 0.25) is 5.02 Å². The van der Waals surface area contributed by atoms with Gasteiger partial charge in [0.2, 0.25) is 0 Å². The van der Waals surface area contributed by atoms with Crippen molar-refractivity contribution in [3.8, 4) is 0 Å². The van der Waals surface area contributed by atoms with Gasteiger partial charge in [-0.05, 0) is 25.5 Å². The zero-order valence-corrected chi connectivity index (χ0v) is 8.86. The van der Waals surface area contributed by atoms with Gasteiger partial charge in [-0.15, -0.1) is 5.12 Å². The average molecular weight is 211 g/mol. The lowest BCUT2D eigenvalue weighted by atomic mass is 10.3. The Morgan fingerprint density at radius 3 is 2.86 bits per heavy atom. The van der Waals surface area contributed by atoms with E-state index < -0.39 is 0 Å². The molecule has 0 saturated carbocycles. The Kier molecular flexibility index (Phi) is 3.59. The molecule has 0 bridgehead atoms. The largest absolute Gasteiger partial charge is 0.234 e. The van der Waals surface area contributed by atoms with Crippen molar-refractivity contribution in [2.75, 3.05) is 5.12 Å². The normalized spacial score (nSPS) is 10.5. The Balaban J connectivity index is 3.10. The molecule has 0 radical (unpaired) electrons. The van der Waals surface area contributed by atoms with Crippen LogP contribution in [0.15, 0.2) is 22.5 Å². The van der Waals surface area contributed by atoms with Crippen molar-refractivity contribution in [3.05, 3.63) is 22.8 Å². The van der Waals surface area contributed by atoms with Gasteiger partial charge in [-0.2, -0.15) is 10.2 Å². The van der Waals surface area contributed by atoms with Gasteiger partial charge in [-0.3, -0.25) is 0 Å². The molecule has 0 aromatic carbocycles. The summed E-state index contributed by atoms with van der Waals surface area (Å²) in [4.78, 5) is 4.11. The van der Waals surface area contributed by atoms with Crippen LogP contribution in [0.25, 0.3) is 0 Å². The molecule has 0 aliphatic carbocycles. The maximum absolute atomic E-state index is 5.97. The molecule has 0 saturated heterocycles. The van der Waals surface area contributed by atoms with E-state index in [0.717, 1.165) is 5.56 Å². The van der Waals surface area contributed by atoms with Crippen molar-refractivity contribution in [2.24, 2.45) is 10.2 Å². The van der Waals surface area contributed by atoms with E-state index in [2.05, 4.69) is 21.9 Å². The molecule has 4 nitrogen and oxygen atoms in total. The van der Waals surface area contributed by atoms with E-state index in [1.807, 2.05) is 6.92 Å². The van der Waals surface area contributed by atoms with Crippen molar-refractivity contribution in [1.29, 1.82) is 0 Å². The molecule has 14 heavy (non-hydrogen) atoms. The number of hydrogen-bond acceptors (Lipinski definition) is 4. The highest BCUT2D eigenvalue weighted by Crippen LogP contribution is 2.23. The van der Waals surface area contributed by atoms with Crippen LogP contribution in [0.4, 0.5) is 5.82 Å². The summed E-state index contributed by atoms with van der Waals surface area (Å²) in [7, 11) is 0. The molecule has 0 atom stereocenters. The molecule has 74 valence electrons. The lowest BCUT2D eigenvalue weighted by molar-refractivity contribution is 0.908. The molecular weight excluding hydrogens is 200 g/mol. The molecule has 0 amide bonds. The Bertz CT molecular complexity index is 362. The highest BCUT2D eigenvalue weighted by molar-refractivity contribution is 6.33. The lowest BCUT2D eigenvalue weighted by Crippen LogP contribution is -2.09. The minimum atomic E-state index is 0.477. The minimum absolute atomic E-state index is 0.477. The number of anilines is 1. The fraction of sp³-hybridized carbons (Fsp3) is 0.222. The van der Waals surface area contributed by atoms with Gasteiger partial charge in [-0.1, -0.05) is 11.6 Å². The summed E-state index contributed by atoms with van der Waals surface area (Å²) in [6, 6.07) is 1.80. The van der Waals surface area contributed by atoms with Crippen molar-refractivity contribution in [1.82, 2.24) is 4.98 Å². The highest BCUT2D eigenvalue weighted by atomic mass is 35.5. The predicted octanol–water partition coefficient (Wildman–Crippen LogP) is 2.47. The van der Waals surface area contributed by atoms with E-state index in [0.29, 0.717) is 10.8 Å². The van der Waals surface area contributed by atoms with Gasteiger partial charge in [0.25, 0.3) is 0 Å². The summed E-state index contributed by atoms with van der Waals surface area (Å²) >= 11 is 5.97. The average Bonchev–Trinajstić information content (AvgIpc) is 2.15. The zero-order chi connectivity index (χ0) is 10.6. The molecule has 1 aromatic rings. The summed E-state index contributed by atoms with van der Waals surface area (Å²) in [6.45, 7) is 7.08. The van der Waals surface area contributed by atoms with Crippen LogP contribution in [0.5, 0.6) is 0 Å². The number of halogens is 1. The van der Waals surface area contributed by atoms with E-state index in [4.69, 9.17) is 11.6 Å². The van der Waals surface area contributed by atoms with E-state index in [-0.39, 0.29) is 0 Å². The maximum atomic E-state index is 5.97. The number of aromatic nitrogens is 1. The quantitative estimate of drug-likeness (QED) is 0.568. The van der Waals surface area contributed by atoms with Crippen LogP contribution in [0.3, 0.4) is 0 Å². The van der Waals surface area contributed by atoms with E-state index in [1.165, 1.54) is 5.12 Å². The molecule has 1 aromatic heterocycles. The third-order valence-electron chi connectivity index (χ3n) is 1.51. The van der Waals surface area contributed by atoms with E-state index in [1.54, 1.807) is 25.4 Å². The smallest absolute Gasteiger partial charge is 0.193 e. The summed E-state index contributed by atoms with van der Waals surface area (Å²) in [5.41, 5.74) is 0.989.